The van der Waals surface area contributed by atoms with Crippen molar-refractivity contribution >= 4 is 15.9 Å². The Hall–Kier alpha value is -2.33. The number of hydrogen-bond acceptors (Lipinski definition) is 6. The molecule has 29 heavy (non-hydrogen) atoms. The summed E-state index contributed by atoms with van der Waals surface area (Å²) in [4.78, 5) is 18.8. The Morgan fingerprint density at radius 1 is 1.10 bits per heavy atom. The number of aromatic nitrogens is 4. The van der Waals surface area contributed by atoms with E-state index in [0.29, 0.717) is 44.0 Å². The van der Waals surface area contributed by atoms with Crippen LogP contribution in [0, 0.1) is 6.92 Å². The molecule has 1 atom stereocenters. The molecule has 0 radical (unpaired) electrons. The van der Waals surface area contributed by atoms with Gasteiger partial charge in [-0.25, -0.2) is 8.42 Å². The molecule has 4 heterocycles. The highest BCUT2D eigenvalue weighted by Crippen LogP contribution is 2.32. The van der Waals surface area contributed by atoms with Gasteiger partial charge in [0, 0.05) is 45.0 Å². The Morgan fingerprint density at radius 2 is 1.93 bits per heavy atom. The molecule has 2 aliphatic heterocycles. The van der Waals surface area contributed by atoms with Crippen molar-refractivity contribution in [2.24, 2.45) is 0 Å². The van der Waals surface area contributed by atoms with Crippen LogP contribution in [0.15, 0.2) is 18.5 Å². The van der Waals surface area contributed by atoms with Crippen molar-refractivity contribution in [3.05, 3.63) is 41.2 Å². The lowest BCUT2D eigenvalue weighted by Crippen LogP contribution is -2.39. The lowest BCUT2D eigenvalue weighted by atomic mass is 10.0. The van der Waals surface area contributed by atoms with Gasteiger partial charge in [0.2, 0.25) is 10.0 Å². The van der Waals surface area contributed by atoms with Gasteiger partial charge in [-0.15, -0.1) is 10.2 Å². The number of hydrogen-bond donors (Lipinski definition) is 0. The molecule has 156 valence electrons. The molecule has 0 aliphatic carbocycles. The van der Waals surface area contributed by atoms with Gasteiger partial charge < -0.3 is 9.47 Å². The van der Waals surface area contributed by atoms with E-state index >= 15 is 0 Å². The highest BCUT2D eigenvalue weighted by Gasteiger charge is 2.35. The SMILES string of the molecule is Cc1cncc(C(=O)N2CCc3nnc(C4CCCCN4S(C)(=O)=O)n3CC2)c1. The summed E-state index contributed by atoms with van der Waals surface area (Å²) in [6.07, 6.45) is 7.72. The van der Waals surface area contributed by atoms with E-state index in [0.717, 1.165) is 30.7 Å². The Balaban J connectivity index is 1.56. The number of sulfonamides is 1. The van der Waals surface area contributed by atoms with Gasteiger partial charge in [-0.1, -0.05) is 6.42 Å². The summed E-state index contributed by atoms with van der Waals surface area (Å²) >= 11 is 0. The number of pyridine rings is 1. The van der Waals surface area contributed by atoms with E-state index in [1.807, 2.05) is 22.5 Å². The fraction of sp³-hybridized carbons (Fsp3) is 0.579. The fourth-order valence-electron chi connectivity index (χ4n) is 4.21. The molecular weight excluding hydrogens is 392 g/mol. The van der Waals surface area contributed by atoms with E-state index < -0.39 is 10.0 Å². The monoisotopic (exact) mass is 418 g/mol. The van der Waals surface area contributed by atoms with Gasteiger partial charge >= 0.3 is 0 Å². The zero-order valence-electron chi connectivity index (χ0n) is 16.8. The van der Waals surface area contributed by atoms with Gasteiger partial charge in [0.1, 0.15) is 5.82 Å². The normalized spacial score (nSPS) is 20.9. The highest BCUT2D eigenvalue weighted by molar-refractivity contribution is 7.88. The van der Waals surface area contributed by atoms with Crippen molar-refractivity contribution in [1.29, 1.82) is 0 Å². The van der Waals surface area contributed by atoms with Crippen LogP contribution in [-0.4, -0.2) is 69.2 Å². The van der Waals surface area contributed by atoms with Gasteiger partial charge in [0.05, 0.1) is 17.9 Å². The summed E-state index contributed by atoms with van der Waals surface area (Å²) in [7, 11) is -3.32. The molecule has 0 N–H and O–H groups in total. The summed E-state index contributed by atoms with van der Waals surface area (Å²) in [5, 5.41) is 8.69. The molecule has 2 aliphatic rings. The maximum Gasteiger partial charge on any atom is 0.255 e. The van der Waals surface area contributed by atoms with Crippen molar-refractivity contribution in [2.45, 2.75) is 45.2 Å². The summed E-state index contributed by atoms with van der Waals surface area (Å²) in [5.74, 6) is 1.45. The molecule has 1 unspecified atom stereocenters. The van der Waals surface area contributed by atoms with Gasteiger partial charge in [0.15, 0.2) is 5.82 Å². The molecule has 0 aromatic carbocycles. The molecule has 10 heteroatoms. The van der Waals surface area contributed by atoms with Gasteiger partial charge in [0.25, 0.3) is 5.91 Å². The number of carbonyl (C=O) groups is 1. The van der Waals surface area contributed by atoms with Crippen LogP contribution in [0.1, 0.15) is 52.9 Å². The number of carbonyl (C=O) groups excluding carboxylic acids is 1. The van der Waals surface area contributed by atoms with Gasteiger partial charge in [-0.2, -0.15) is 4.31 Å². The third-order valence-electron chi connectivity index (χ3n) is 5.64. The molecule has 1 amide bonds. The fourth-order valence-corrected chi connectivity index (χ4v) is 5.33. The second kappa shape index (κ2) is 7.83. The first-order chi connectivity index (χ1) is 13.8. The summed E-state index contributed by atoms with van der Waals surface area (Å²) in [6, 6.07) is 1.56. The Kier molecular flexibility index (Phi) is 5.39. The predicted octanol–water partition coefficient (Wildman–Crippen LogP) is 1.17. The Labute approximate surface area is 170 Å². The maximum atomic E-state index is 12.9. The van der Waals surface area contributed by atoms with Crippen LogP contribution in [0.4, 0.5) is 0 Å². The van der Waals surface area contributed by atoms with Crippen LogP contribution in [0.3, 0.4) is 0 Å². The van der Waals surface area contributed by atoms with Crippen molar-refractivity contribution in [1.82, 2.24) is 29.0 Å². The maximum absolute atomic E-state index is 12.9. The molecule has 9 nitrogen and oxygen atoms in total. The molecule has 1 saturated heterocycles. The first-order valence-electron chi connectivity index (χ1n) is 9.94. The van der Waals surface area contributed by atoms with Crippen molar-refractivity contribution in [3.63, 3.8) is 0 Å². The van der Waals surface area contributed by atoms with E-state index in [9.17, 15) is 13.2 Å². The number of nitrogens with zero attached hydrogens (tertiary/aromatic N) is 6. The van der Waals surface area contributed by atoms with Gasteiger partial charge in [-0.05, 0) is 31.4 Å². The standard InChI is InChI=1S/C19H26N6O3S/c1-14-11-15(13-20-12-14)19(26)23-8-6-17-21-22-18(24(17)10-9-23)16-5-3-4-7-25(16)29(2,27)28/h11-13,16H,3-10H2,1-2H3. The summed E-state index contributed by atoms with van der Waals surface area (Å²) < 4.78 is 28.1. The Morgan fingerprint density at radius 3 is 2.69 bits per heavy atom. The molecule has 1 fully saturated rings. The van der Waals surface area contributed by atoms with Crippen LogP contribution in [-0.2, 0) is 23.0 Å². The quantitative estimate of drug-likeness (QED) is 0.742. The van der Waals surface area contributed by atoms with Crippen LogP contribution in [0.5, 0.6) is 0 Å². The van der Waals surface area contributed by atoms with E-state index in [1.165, 1.54) is 6.26 Å². The van der Waals surface area contributed by atoms with Crippen molar-refractivity contribution in [2.75, 3.05) is 25.9 Å². The molecule has 4 rings (SSSR count). The minimum Gasteiger partial charge on any atom is -0.336 e. The molecule has 2 aromatic heterocycles. The summed E-state index contributed by atoms with van der Waals surface area (Å²) in [6.45, 7) is 4.05. The zero-order chi connectivity index (χ0) is 20.6. The van der Waals surface area contributed by atoms with E-state index in [-0.39, 0.29) is 11.9 Å². The number of piperidine rings is 1. The van der Waals surface area contributed by atoms with E-state index in [4.69, 9.17) is 0 Å². The predicted molar refractivity (Wildman–Crippen MR) is 107 cm³/mol. The number of fused-ring (bicyclic) bond motifs is 1. The minimum absolute atomic E-state index is 0.0445. The first-order valence-corrected chi connectivity index (χ1v) is 11.8. The third kappa shape index (κ3) is 4.04. The molecule has 0 spiro atoms. The van der Waals surface area contributed by atoms with Crippen LogP contribution >= 0.6 is 0 Å². The highest BCUT2D eigenvalue weighted by atomic mass is 32.2. The topological polar surface area (TPSA) is 101 Å². The lowest BCUT2D eigenvalue weighted by Gasteiger charge is -2.33. The zero-order valence-corrected chi connectivity index (χ0v) is 17.6. The average Bonchev–Trinajstić information content (AvgIpc) is 2.98. The van der Waals surface area contributed by atoms with Crippen LogP contribution in [0.2, 0.25) is 0 Å². The van der Waals surface area contributed by atoms with Crippen molar-refractivity contribution < 1.29 is 13.2 Å². The largest absolute Gasteiger partial charge is 0.336 e. The van der Waals surface area contributed by atoms with Crippen LogP contribution < -0.4 is 0 Å². The smallest absolute Gasteiger partial charge is 0.255 e. The average molecular weight is 419 g/mol. The second-order valence-electron chi connectivity index (χ2n) is 7.80. The number of aryl methyl sites for hydroxylation is 1. The second-order valence-corrected chi connectivity index (χ2v) is 9.74. The third-order valence-corrected chi connectivity index (χ3v) is 6.93. The van der Waals surface area contributed by atoms with E-state index in [1.54, 1.807) is 16.7 Å². The van der Waals surface area contributed by atoms with E-state index in [2.05, 4.69) is 15.2 Å². The van der Waals surface area contributed by atoms with Crippen molar-refractivity contribution in [3.8, 4) is 0 Å². The molecule has 0 saturated carbocycles. The van der Waals surface area contributed by atoms with Gasteiger partial charge in [-0.3, -0.25) is 9.78 Å². The number of amides is 1. The first kappa shape index (κ1) is 20.0. The lowest BCUT2D eigenvalue weighted by molar-refractivity contribution is 0.0758. The summed E-state index contributed by atoms with van der Waals surface area (Å²) in [5.41, 5.74) is 1.53. The molecule has 0 bridgehead atoms. The molecular formula is C19H26N6O3S. The number of rotatable bonds is 3. The Bertz CT molecular complexity index is 1020. The molecule has 2 aromatic rings. The van der Waals surface area contributed by atoms with Crippen LogP contribution in [0.25, 0.3) is 0 Å². The minimum atomic E-state index is -3.32.